The van der Waals surface area contributed by atoms with Gasteiger partial charge in [-0.1, -0.05) is 55.2 Å². The molecule has 0 aliphatic heterocycles. The topological polar surface area (TPSA) is 43.4 Å². The van der Waals surface area contributed by atoms with Crippen LogP contribution in [0.3, 0.4) is 0 Å². The molecule has 1 unspecified atom stereocenters. The van der Waals surface area contributed by atoms with Gasteiger partial charge in [-0.2, -0.15) is 0 Å². The molecule has 1 saturated carbocycles. The van der Waals surface area contributed by atoms with Crippen LogP contribution in [0, 0.1) is 5.41 Å². The smallest absolute Gasteiger partial charge is 0.319 e. The highest BCUT2D eigenvalue weighted by Crippen LogP contribution is 2.40. The zero-order chi connectivity index (χ0) is 20.3. The molecule has 154 valence electrons. The minimum Gasteiger partial charge on any atom is -0.464 e. The van der Waals surface area contributed by atoms with Gasteiger partial charge in [0.2, 0.25) is 0 Å². The molecule has 2 atom stereocenters. The van der Waals surface area contributed by atoms with Crippen molar-refractivity contribution in [2.24, 2.45) is 5.41 Å². The molecule has 0 aromatic rings. The normalized spacial score (nSPS) is 21.2. The lowest BCUT2D eigenvalue weighted by Crippen LogP contribution is -2.34. The number of rotatable bonds is 12. The van der Waals surface area contributed by atoms with E-state index in [4.69, 9.17) is 4.74 Å². The average molecular weight is 506 g/mol. The number of allylic oxidation sites excluding steroid dienone is 4. The summed E-state index contributed by atoms with van der Waals surface area (Å²) in [6.07, 6.45) is 12.3. The van der Waals surface area contributed by atoms with Crippen molar-refractivity contribution in [2.45, 2.75) is 83.4 Å². The molecule has 0 aromatic carbocycles. The van der Waals surface area contributed by atoms with Gasteiger partial charge in [-0.05, 0) is 72.1 Å². The number of alkyl halides is 2. The van der Waals surface area contributed by atoms with Crippen molar-refractivity contribution in [1.82, 2.24) is 0 Å². The number of hydrogen-bond acceptors (Lipinski definition) is 3. The van der Waals surface area contributed by atoms with E-state index >= 15 is 0 Å². The highest BCUT2D eigenvalue weighted by molar-refractivity contribution is 9.10. The van der Waals surface area contributed by atoms with Gasteiger partial charge in [-0.15, -0.1) is 0 Å². The van der Waals surface area contributed by atoms with Gasteiger partial charge >= 0.3 is 5.97 Å². The summed E-state index contributed by atoms with van der Waals surface area (Å²) in [6.45, 7) is 6.62. The van der Waals surface area contributed by atoms with Gasteiger partial charge in [0, 0.05) is 11.8 Å². The molecule has 1 rings (SSSR count). The predicted molar refractivity (Wildman–Crippen MR) is 120 cm³/mol. The largest absolute Gasteiger partial charge is 0.464 e. The molecule has 0 amide bonds. The number of esters is 1. The van der Waals surface area contributed by atoms with E-state index in [1.54, 1.807) is 0 Å². The SMILES string of the molecule is CC(C)=CCC/C(C)=C/CC[C@]1(COC(=O)C(Br)CCCBr)CCCC1=O. The first-order valence-electron chi connectivity index (χ1n) is 10.00. The van der Waals surface area contributed by atoms with Crippen molar-refractivity contribution in [3.8, 4) is 0 Å². The van der Waals surface area contributed by atoms with Crippen LogP contribution in [0.4, 0.5) is 0 Å². The minimum absolute atomic E-state index is 0.228. The van der Waals surface area contributed by atoms with Gasteiger partial charge in [0.05, 0.1) is 5.41 Å². The summed E-state index contributed by atoms with van der Waals surface area (Å²) in [5.74, 6) is 0.0148. The lowest BCUT2D eigenvalue weighted by molar-refractivity contribution is -0.149. The molecular weight excluding hydrogens is 472 g/mol. The summed E-state index contributed by atoms with van der Waals surface area (Å²) in [7, 11) is 0. The lowest BCUT2D eigenvalue weighted by atomic mass is 9.81. The van der Waals surface area contributed by atoms with Gasteiger partial charge < -0.3 is 4.74 Å². The fraction of sp³-hybridized carbons (Fsp3) is 0.727. The van der Waals surface area contributed by atoms with E-state index < -0.39 is 5.41 Å². The third-order valence-corrected chi connectivity index (χ3v) is 6.59. The maximum absolute atomic E-state index is 12.5. The number of Topliss-reactive ketones (excluding diaryl/α,β-unsaturated/α-hetero) is 1. The molecule has 1 aliphatic carbocycles. The minimum atomic E-state index is -0.478. The molecule has 0 N–H and O–H groups in total. The highest BCUT2D eigenvalue weighted by atomic mass is 79.9. The second-order valence-electron chi connectivity index (χ2n) is 7.87. The third kappa shape index (κ3) is 9.08. The van der Waals surface area contributed by atoms with Crippen LogP contribution in [-0.4, -0.2) is 28.5 Å². The number of hydrogen-bond donors (Lipinski definition) is 0. The van der Waals surface area contributed by atoms with E-state index in [0.717, 1.165) is 56.7 Å². The average Bonchev–Trinajstić information content (AvgIpc) is 2.98. The van der Waals surface area contributed by atoms with Crippen molar-refractivity contribution in [3.63, 3.8) is 0 Å². The van der Waals surface area contributed by atoms with E-state index in [2.05, 4.69) is 64.8 Å². The van der Waals surface area contributed by atoms with E-state index in [9.17, 15) is 9.59 Å². The molecule has 27 heavy (non-hydrogen) atoms. The Morgan fingerprint density at radius 1 is 1.26 bits per heavy atom. The summed E-state index contributed by atoms with van der Waals surface area (Å²) in [5, 5.41) is 0.865. The van der Waals surface area contributed by atoms with Crippen molar-refractivity contribution >= 4 is 43.6 Å². The third-order valence-electron chi connectivity index (χ3n) is 5.20. The molecule has 0 aromatic heterocycles. The van der Waals surface area contributed by atoms with Crippen LogP contribution in [-0.2, 0) is 14.3 Å². The van der Waals surface area contributed by atoms with Gasteiger partial charge in [0.25, 0.3) is 0 Å². The van der Waals surface area contributed by atoms with Crippen molar-refractivity contribution in [2.75, 3.05) is 11.9 Å². The highest BCUT2D eigenvalue weighted by Gasteiger charge is 2.42. The number of carbonyl (C=O) groups is 2. The number of ether oxygens (including phenoxy) is 1. The van der Waals surface area contributed by atoms with Crippen molar-refractivity contribution in [1.29, 1.82) is 0 Å². The van der Waals surface area contributed by atoms with E-state index in [1.165, 1.54) is 11.1 Å². The zero-order valence-corrected chi connectivity index (χ0v) is 20.2. The Morgan fingerprint density at radius 3 is 2.59 bits per heavy atom. The monoisotopic (exact) mass is 504 g/mol. The van der Waals surface area contributed by atoms with Crippen LogP contribution >= 0.6 is 31.9 Å². The summed E-state index contributed by atoms with van der Waals surface area (Å²) >= 11 is 6.77. The molecule has 0 radical (unpaired) electrons. The molecule has 0 spiro atoms. The number of halogens is 2. The van der Waals surface area contributed by atoms with E-state index in [-0.39, 0.29) is 23.2 Å². The molecule has 1 fully saturated rings. The van der Waals surface area contributed by atoms with E-state index in [1.807, 2.05) is 0 Å². The van der Waals surface area contributed by atoms with Crippen LogP contribution in [0.1, 0.15) is 78.6 Å². The van der Waals surface area contributed by atoms with Crippen LogP contribution in [0.2, 0.25) is 0 Å². The Morgan fingerprint density at radius 2 is 2.00 bits per heavy atom. The Hall–Kier alpha value is -0.420. The standard InChI is InChI=1S/C22H34Br2O3/c1-17(2)8-4-9-18(3)10-5-13-22(14-6-12-20(22)25)16-27-21(26)19(24)11-7-15-23/h8,10,19H,4-7,9,11-16H2,1-3H3/b18-10+/t19?,22-/m1/s1. The summed E-state index contributed by atoms with van der Waals surface area (Å²) in [5.41, 5.74) is 2.23. The van der Waals surface area contributed by atoms with Gasteiger partial charge in [-0.25, -0.2) is 0 Å². The maximum Gasteiger partial charge on any atom is 0.319 e. The fourth-order valence-corrected chi connectivity index (χ4v) is 4.22. The van der Waals surface area contributed by atoms with Gasteiger partial charge in [0.1, 0.15) is 17.2 Å². The van der Waals surface area contributed by atoms with Crippen molar-refractivity contribution < 1.29 is 14.3 Å². The predicted octanol–water partition coefficient (Wildman–Crippen LogP) is 6.68. The molecule has 3 nitrogen and oxygen atoms in total. The first kappa shape index (κ1) is 24.6. The Bertz CT molecular complexity index is 550. The van der Waals surface area contributed by atoms with Crippen LogP contribution in [0.5, 0.6) is 0 Å². The summed E-state index contributed by atoms with van der Waals surface area (Å²) in [6, 6.07) is 0. The van der Waals surface area contributed by atoms with Crippen LogP contribution in [0.15, 0.2) is 23.3 Å². The van der Waals surface area contributed by atoms with Gasteiger partial charge in [-0.3, -0.25) is 9.59 Å². The second kappa shape index (κ2) is 12.9. The van der Waals surface area contributed by atoms with Crippen LogP contribution in [0.25, 0.3) is 0 Å². The first-order chi connectivity index (χ1) is 12.8. The summed E-state index contributed by atoms with van der Waals surface area (Å²) in [4.78, 5) is 24.4. The Balaban J connectivity index is 2.56. The molecular formula is C22H34Br2O3. The molecule has 0 heterocycles. The van der Waals surface area contributed by atoms with Crippen molar-refractivity contribution in [3.05, 3.63) is 23.3 Å². The Labute approximate surface area is 181 Å². The molecule has 5 heteroatoms. The summed E-state index contributed by atoms with van der Waals surface area (Å²) < 4.78 is 5.56. The first-order valence-corrected chi connectivity index (χ1v) is 12.0. The number of ketones is 1. The Kier molecular flexibility index (Phi) is 11.8. The maximum atomic E-state index is 12.5. The van der Waals surface area contributed by atoms with E-state index in [0.29, 0.717) is 6.42 Å². The van der Waals surface area contributed by atoms with Gasteiger partial charge in [0.15, 0.2) is 0 Å². The molecule has 0 bridgehead atoms. The second-order valence-corrected chi connectivity index (χ2v) is 9.77. The quantitative estimate of drug-likeness (QED) is 0.169. The zero-order valence-electron chi connectivity index (χ0n) is 17.0. The molecule has 0 saturated heterocycles. The molecule has 1 aliphatic rings. The van der Waals surface area contributed by atoms with Crippen LogP contribution < -0.4 is 0 Å². The number of carbonyl (C=O) groups excluding carboxylic acids is 2. The fourth-order valence-electron chi connectivity index (χ4n) is 3.44. The lowest BCUT2D eigenvalue weighted by Gasteiger charge is -2.27.